The summed E-state index contributed by atoms with van der Waals surface area (Å²) in [5.74, 6) is -0.0577. The first kappa shape index (κ1) is 18.0. The molecule has 0 aromatic heterocycles. The van der Waals surface area contributed by atoms with Gasteiger partial charge in [0.25, 0.3) is 5.91 Å². The molecule has 1 atom stereocenters. The van der Waals surface area contributed by atoms with Crippen molar-refractivity contribution in [1.29, 1.82) is 0 Å². The SMILES string of the molecule is COc1cccc2c1N(C(=O)C1=NN(c3ccccc3)C(C(N)=O)C1)CCC2. The zero-order valence-corrected chi connectivity index (χ0v) is 15.7. The van der Waals surface area contributed by atoms with Gasteiger partial charge in [0.15, 0.2) is 0 Å². The molecule has 0 saturated heterocycles. The number of hydrogen-bond acceptors (Lipinski definition) is 5. The fourth-order valence-electron chi connectivity index (χ4n) is 3.82. The Bertz CT molecular complexity index is 928. The summed E-state index contributed by atoms with van der Waals surface area (Å²) in [4.78, 5) is 27.0. The average Bonchev–Trinajstić information content (AvgIpc) is 3.19. The zero-order chi connectivity index (χ0) is 19.7. The lowest BCUT2D eigenvalue weighted by Crippen LogP contribution is -2.42. The van der Waals surface area contributed by atoms with E-state index in [-0.39, 0.29) is 12.3 Å². The molecule has 7 heteroatoms. The van der Waals surface area contributed by atoms with Gasteiger partial charge in [-0.2, -0.15) is 5.10 Å². The molecule has 28 heavy (non-hydrogen) atoms. The number of benzene rings is 2. The first-order valence-corrected chi connectivity index (χ1v) is 9.29. The van der Waals surface area contributed by atoms with Crippen LogP contribution < -0.4 is 20.4 Å². The van der Waals surface area contributed by atoms with E-state index in [1.165, 1.54) is 0 Å². The molecule has 7 nitrogen and oxygen atoms in total. The van der Waals surface area contributed by atoms with Gasteiger partial charge in [-0.15, -0.1) is 0 Å². The molecule has 0 fully saturated rings. The minimum atomic E-state index is -0.678. The highest BCUT2D eigenvalue weighted by Crippen LogP contribution is 2.37. The summed E-state index contributed by atoms with van der Waals surface area (Å²) in [6.45, 7) is 0.581. The summed E-state index contributed by atoms with van der Waals surface area (Å²) >= 11 is 0. The van der Waals surface area contributed by atoms with E-state index in [2.05, 4.69) is 5.10 Å². The minimum absolute atomic E-state index is 0.185. The van der Waals surface area contributed by atoms with Crippen LogP contribution in [0.2, 0.25) is 0 Å². The van der Waals surface area contributed by atoms with Gasteiger partial charge < -0.3 is 15.4 Å². The van der Waals surface area contributed by atoms with Crippen LogP contribution in [0.15, 0.2) is 53.6 Å². The predicted molar refractivity (Wildman–Crippen MR) is 108 cm³/mol. The molecule has 2 aliphatic heterocycles. The Morgan fingerprint density at radius 3 is 2.64 bits per heavy atom. The number of anilines is 2. The Labute approximate surface area is 163 Å². The first-order valence-electron chi connectivity index (χ1n) is 9.29. The number of amides is 2. The summed E-state index contributed by atoms with van der Waals surface area (Å²) in [6, 6.07) is 14.4. The molecule has 2 amide bonds. The number of nitrogens with two attached hydrogens (primary N) is 1. The lowest BCUT2D eigenvalue weighted by Gasteiger charge is -2.30. The minimum Gasteiger partial charge on any atom is -0.495 e. The Kier molecular flexibility index (Phi) is 4.73. The summed E-state index contributed by atoms with van der Waals surface area (Å²) in [5.41, 5.74) is 8.51. The lowest BCUT2D eigenvalue weighted by atomic mass is 9.99. The Hall–Kier alpha value is -3.35. The fourth-order valence-corrected chi connectivity index (χ4v) is 3.82. The Morgan fingerprint density at radius 1 is 1.14 bits per heavy atom. The van der Waals surface area contributed by atoms with Crippen LogP contribution in [-0.2, 0) is 16.0 Å². The lowest BCUT2D eigenvalue weighted by molar-refractivity contribution is -0.119. The van der Waals surface area contributed by atoms with Crippen molar-refractivity contribution in [3.8, 4) is 5.75 Å². The van der Waals surface area contributed by atoms with Crippen LogP contribution >= 0.6 is 0 Å². The second-order valence-electron chi connectivity index (χ2n) is 6.88. The normalized spacial score (nSPS) is 18.5. The van der Waals surface area contributed by atoms with E-state index in [1.54, 1.807) is 17.0 Å². The van der Waals surface area contributed by atoms with Crippen molar-refractivity contribution in [1.82, 2.24) is 0 Å². The summed E-state index contributed by atoms with van der Waals surface area (Å²) < 4.78 is 5.49. The number of carbonyl (C=O) groups excluding carboxylic acids is 2. The molecular weight excluding hydrogens is 356 g/mol. The van der Waals surface area contributed by atoms with E-state index in [1.807, 2.05) is 48.5 Å². The third-order valence-electron chi connectivity index (χ3n) is 5.15. The maximum atomic E-state index is 13.3. The number of primary amides is 1. The number of hydrogen-bond donors (Lipinski definition) is 1. The Balaban J connectivity index is 1.69. The number of methoxy groups -OCH3 is 1. The molecule has 0 radical (unpaired) electrons. The summed E-state index contributed by atoms with van der Waals surface area (Å²) in [6.07, 6.45) is 1.94. The quantitative estimate of drug-likeness (QED) is 0.882. The molecule has 2 aliphatic rings. The molecule has 144 valence electrons. The number of rotatable bonds is 4. The highest BCUT2D eigenvalue weighted by molar-refractivity contribution is 6.45. The van der Waals surface area contributed by atoms with E-state index in [4.69, 9.17) is 10.5 Å². The van der Waals surface area contributed by atoms with Crippen molar-refractivity contribution in [2.24, 2.45) is 10.8 Å². The van der Waals surface area contributed by atoms with Crippen molar-refractivity contribution < 1.29 is 14.3 Å². The van der Waals surface area contributed by atoms with Crippen LogP contribution in [0.1, 0.15) is 18.4 Å². The smallest absolute Gasteiger partial charge is 0.274 e. The summed E-state index contributed by atoms with van der Waals surface area (Å²) in [7, 11) is 1.60. The van der Waals surface area contributed by atoms with Gasteiger partial charge in [0.1, 0.15) is 17.5 Å². The highest BCUT2D eigenvalue weighted by atomic mass is 16.5. The molecule has 2 N–H and O–H groups in total. The van der Waals surface area contributed by atoms with Crippen LogP contribution in [0.25, 0.3) is 0 Å². The van der Waals surface area contributed by atoms with Crippen molar-refractivity contribution >= 4 is 28.9 Å². The zero-order valence-electron chi connectivity index (χ0n) is 15.7. The second-order valence-corrected chi connectivity index (χ2v) is 6.88. The van der Waals surface area contributed by atoms with Crippen molar-refractivity contribution in [2.45, 2.75) is 25.3 Å². The molecule has 1 unspecified atom stereocenters. The molecule has 0 saturated carbocycles. The van der Waals surface area contributed by atoms with E-state index in [0.717, 1.165) is 29.8 Å². The van der Waals surface area contributed by atoms with E-state index < -0.39 is 11.9 Å². The maximum absolute atomic E-state index is 13.3. The van der Waals surface area contributed by atoms with Crippen molar-refractivity contribution in [3.05, 3.63) is 54.1 Å². The van der Waals surface area contributed by atoms with Crippen molar-refractivity contribution in [3.63, 3.8) is 0 Å². The third kappa shape index (κ3) is 3.09. The average molecular weight is 378 g/mol. The fraction of sp³-hybridized carbons (Fsp3) is 0.286. The number of para-hydroxylation sites is 2. The van der Waals surface area contributed by atoms with Gasteiger partial charge in [0.2, 0.25) is 5.91 Å². The monoisotopic (exact) mass is 378 g/mol. The molecule has 2 heterocycles. The largest absolute Gasteiger partial charge is 0.495 e. The third-order valence-corrected chi connectivity index (χ3v) is 5.15. The van der Waals surface area contributed by atoms with Gasteiger partial charge in [-0.25, -0.2) is 0 Å². The predicted octanol–water partition coefficient (Wildman–Crippen LogP) is 2.09. The second kappa shape index (κ2) is 7.34. The molecule has 2 aromatic carbocycles. The van der Waals surface area contributed by atoms with Gasteiger partial charge >= 0.3 is 0 Å². The number of ether oxygens (including phenoxy) is 1. The number of hydrazone groups is 1. The molecule has 0 aliphatic carbocycles. The molecule has 2 aromatic rings. The van der Waals surface area contributed by atoms with E-state index in [9.17, 15) is 9.59 Å². The molecule has 0 spiro atoms. The number of nitrogens with zero attached hydrogens (tertiary/aromatic N) is 3. The number of carbonyl (C=O) groups is 2. The topological polar surface area (TPSA) is 88.2 Å². The van der Waals surface area contributed by atoms with Gasteiger partial charge in [-0.05, 0) is 36.6 Å². The summed E-state index contributed by atoms with van der Waals surface area (Å²) in [5, 5.41) is 6.03. The van der Waals surface area contributed by atoms with E-state index >= 15 is 0 Å². The van der Waals surface area contributed by atoms with Crippen LogP contribution in [0.4, 0.5) is 11.4 Å². The van der Waals surface area contributed by atoms with E-state index in [0.29, 0.717) is 18.0 Å². The standard InChI is InChI=1S/C21H22N4O3/c1-28-18-11-5-7-14-8-6-12-24(19(14)18)21(27)16-13-17(20(22)26)25(23-16)15-9-3-2-4-10-15/h2-5,7,9-11,17H,6,8,12-13H2,1H3,(H2,22,26). The number of aryl methyl sites for hydroxylation is 1. The first-order chi connectivity index (χ1) is 13.6. The van der Waals surface area contributed by atoms with Gasteiger partial charge in [-0.1, -0.05) is 30.3 Å². The molecule has 4 rings (SSSR count). The molecule has 0 bridgehead atoms. The van der Waals surface area contributed by atoms with Gasteiger partial charge in [0, 0.05) is 13.0 Å². The molecular formula is C21H22N4O3. The van der Waals surface area contributed by atoms with Crippen molar-refractivity contribution in [2.75, 3.05) is 23.6 Å². The van der Waals surface area contributed by atoms with Crippen LogP contribution in [0.3, 0.4) is 0 Å². The van der Waals surface area contributed by atoms with Crippen LogP contribution in [0, 0.1) is 0 Å². The van der Waals surface area contributed by atoms with Crippen LogP contribution in [-0.4, -0.2) is 37.2 Å². The number of fused-ring (bicyclic) bond motifs is 1. The van der Waals surface area contributed by atoms with Gasteiger partial charge in [0.05, 0.1) is 18.5 Å². The van der Waals surface area contributed by atoms with Crippen LogP contribution in [0.5, 0.6) is 5.75 Å². The maximum Gasteiger partial charge on any atom is 0.274 e. The van der Waals surface area contributed by atoms with Gasteiger partial charge in [-0.3, -0.25) is 14.6 Å². The Morgan fingerprint density at radius 2 is 1.93 bits per heavy atom. The highest BCUT2D eigenvalue weighted by Gasteiger charge is 2.38.